The van der Waals surface area contributed by atoms with Gasteiger partial charge in [0.2, 0.25) is 15.0 Å². The Morgan fingerprint density at radius 2 is 1.84 bits per heavy atom. The molecule has 0 saturated carbocycles. The van der Waals surface area contributed by atoms with Gasteiger partial charge in [-0.25, -0.2) is 17.2 Å². The predicted octanol–water partition coefficient (Wildman–Crippen LogP) is 4.29. The second kappa shape index (κ2) is 9.18. The van der Waals surface area contributed by atoms with E-state index in [1.54, 1.807) is 12.1 Å². The molecule has 7 nitrogen and oxygen atoms in total. The SMILES string of the molecule is O=C(Nc1ccc(F)cc1F)c1nnc(C2CCN(S(=O)(=O)c3ccccc3Cl)CC2)s1. The van der Waals surface area contributed by atoms with Crippen LogP contribution >= 0.6 is 22.9 Å². The molecule has 1 amide bonds. The van der Waals surface area contributed by atoms with Crippen molar-refractivity contribution in [2.24, 2.45) is 0 Å². The number of carbonyl (C=O) groups excluding carboxylic acids is 1. The summed E-state index contributed by atoms with van der Waals surface area (Å²) in [6.45, 7) is 0.556. The molecule has 0 radical (unpaired) electrons. The second-order valence-corrected chi connectivity index (χ2v) is 10.5. The highest BCUT2D eigenvalue weighted by Gasteiger charge is 2.32. The van der Waals surface area contributed by atoms with Crippen LogP contribution in [0.4, 0.5) is 14.5 Å². The molecule has 1 fully saturated rings. The van der Waals surface area contributed by atoms with E-state index in [0.717, 1.165) is 23.5 Å². The van der Waals surface area contributed by atoms with Crippen molar-refractivity contribution in [1.29, 1.82) is 0 Å². The fourth-order valence-corrected chi connectivity index (χ4v) is 6.26. The lowest BCUT2D eigenvalue weighted by Crippen LogP contribution is -2.38. The number of rotatable bonds is 5. The Balaban J connectivity index is 1.41. The average Bonchev–Trinajstić information content (AvgIpc) is 3.26. The van der Waals surface area contributed by atoms with E-state index in [-0.39, 0.29) is 39.6 Å². The summed E-state index contributed by atoms with van der Waals surface area (Å²) < 4.78 is 53.9. The van der Waals surface area contributed by atoms with Crippen LogP contribution in [0.5, 0.6) is 0 Å². The minimum absolute atomic E-state index is 0.0369. The van der Waals surface area contributed by atoms with Crippen molar-refractivity contribution in [2.45, 2.75) is 23.7 Å². The van der Waals surface area contributed by atoms with Gasteiger partial charge >= 0.3 is 0 Å². The summed E-state index contributed by atoms with van der Waals surface area (Å²) in [4.78, 5) is 12.4. The van der Waals surface area contributed by atoms with Gasteiger partial charge in [-0.15, -0.1) is 10.2 Å². The second-order valence-electron chi connectivity index (χ2n) is 7.13. The Bertz CT molecular complexity index is 1260. The molecule has 0 atom stereocenters. The molecule has 2 aromatic carbocycles. The Morgan fingerprint density at radius 3 is 2.53 bits per heavy atom. The number of hydrogen-bond donors (Lipinski definition) is 1. The molecule has 1 N–H and O–H groups in total. The largest absolute Gasteiger partial charge is 0.317 e. The summed E-state index contributed by atoms with van der Waals surface area (Å²) in [6.07, 6.45) is 1.01. The molecule has 2 heterocycles. The first-order valence-electron chi connectivity index (χ1n) is 9.60. The molecule has 0 bridgehead atoms. The lowest BCUT2D eigenvalue weighted by molar-refractivity contribution is 0.102. The van der Waals surface area contributed by atoms with Crippen molar-refractivity contribution in [3.63, 3.8) is 0 Å². The molecule has 1 aliphatic rings. The summed E-state index contributed by atoms with van der Waals surface area (Å²) in [7, 11) is -3.71. The highest BCUT2D eigenvalue weighted by Crippen LogP contribution is 2.33. The molecule has 0 unspecified atom stereocenters. The summed E-state index contributed by atoms with van der Waals surface area (Å²) >= 11 is 7.12. The molecular weight excluding hydrogens is 482 g/mol. The number of aromatic nitrogens is 2. The van der Waals surface area contributed by atoms with Gasteiger partial charge in [-0.1, -0.05) is 35.1 Å². The standard InChI is InChI=1S/C20H17ClF2N4O3S2/c21-14-3-1-2-4-17(14)32(29,30)27-9-7-12(8-10-27)19-25-26-20(31-19)18(28)24-16-6-5-13(22)11-15(16)23/h1-6,11-12H,7-10H2,(H,24,28). The highest BCUT2D eigenvalue weighted by molar-refractivity contribution is 7.89. The van der Waals surface area contributed by atoms with Crippen LogP contribution in [0, 0.1) is 11.6 Å². The van der Waals surface area contributed by atoms with Crippen LogP contribution in [0.15, 0.2) is 47.4 Å². The summed E-state index contributed by atoms with van der Waals surface area (Å²) in [5.41, 5.74) is -0.161. The number of nitrogens with zero attached hydrogens (tertiary/aromatic N) is 3. The van der Waals surface area contributed by atoms with Gasteiger partial charge in [0.05, 0.1) is 10.7 Å². The molecule has 1 aliphatic heterocycles. The van der Waals surface area contributed by atoms with Gasteiger partial charge in [0.25, 0.3) is 5.91 Å². The van der Waals surface area contributed by atoms with E-state index in [0.29, 0.717) is 23.9 Å². The molecular formula is C20H17ClF2N4O3S2. The van der Waals surface area contributed by atoms with Crippen LogP contribution in [0.2, 0.25) is 5.02 Å². The van der Waals surface area contributed by atoms with Crippen LogP contribution in [-0.4, -0.2) is 41.9 Å². The molecule has 3 aromatic rings. The van der Waals surface area contributed by atoms with Crippen LogP contribution in [0.1, 0.15) is 33.6 Å². The van der Waals surface area contributed by atoms with E-state index in [4.69, 9.17) is 11.6 Å². The first-order valence-corrected chi connectivity index (χ1v) is 12.2. The van der Waals surface area contributed by atoms with E-state index in [9.17, 15) is 22.0 Å². The number of benzene rings is 2. The Kier molecular flexibility index (Phi) is 6.52. The molecule has 1 saturated heterocycles. The van der Waals surface area contributed by atoms with Crippen LogP contribution in [0.3, 0.4) is 0 Å². The number of nitrogens with one attached hydrogen (secondary N) is 1. The smallest absolute Gasteiger partial charge is 0.286 e. The number of piperidine rings is 1. The Labute approximate surface area is 192 Å². The number of sulfonamides is 1. The molecule has 1 aromatic heterocycles. The van der Waals surface area contributed by atoms with E-state index >= 15 is 0 Å². The third-order valence-electron chi connectivity index (χ3n) is 5.07. The van der Waals surface area contributed by atoms with E-state index in [2.05, 4.69) is 15.5 Å². The predicted molar refractivity (Wildman–Crippen MR) is 116 cm³/mol. The van der Waals surface area contributed by atoms with Crippen molar-refractivity contribution < 1.29 is 22.0 Å². The molecule has 12 heteroatoms. The molecule has 4 rings (SSSR count). The molecule has 0 aliphatic carbocycles. The van der Waals surface area contributed by atoms with Gasteiger partial charge in [0.1, 0.15) is 21.5 Å². The Morgan fingerprint density at radius 1 is 1.12 bits per heavy atom. The monoisotopic (exact) mass is 498 g/mol. The quantitative estimate of drug-likeness (QED) is 0.566. The lowest BCUT2D eigenvalue weighted by atomic mass is 9.99. The number of carbonyl (C=O) groups is 1. The van der Waals surface area contributed by atoms with Crippen molar-refractivity contribution in [3.05, 3.63) is 69.1 Å². The van der Waals surface area contributed by atoms with Crippen molar-refractivity contribution in [3.8, 4) is 0 Å². The van der Waals surface area contributed by atoms with Gasteiger partial charge in [0, 0.05) is 25.1 Å². The van der Waals surface area contributed by atoms with Crippen LogP contribution in [0.25, 0.3) is 0 Å². The topological polar surface area (TPSA) is 92.3 Å². The minimum Gasteiger partial charge on any atom is -0.317 e. The average molecular weight is 499 g/mol. The number of amides is 1. The van der Waals surface area contributed by atoms with Crippen LogP contribution < -0.4 is 5.32 Å². The van der Waals surface area contributed by atoms with Gasteiger partial charge in [-0.05, 0) is 37.1 Å². The van der Waals surface area contributed by atoms with Crippen molar-refractivity contribution in [1.82, 2.24) is 14.5 Å². The maximum Gasteiger partial charge on any atom is 0.286 e. The maximum absolute atomic E-state index is 13.8. The normalized spacial score (nSPS) is 15.6. The molecule has 0 spiro atoms. The van der Waals surface area contributed by atoms with Crippen LogP contribution in [-0.2, 0) is 10.0 Å². The number of anilines is 1. The molecule has 168 valence electrons. The van der Waals surface area contributed by atoms with E-state index in [1.165, 1.54) is 16.4 Å². The highest BCUT2D eigenvalue weighted by atomic mass is 35.5. The van der Waals surface area contributed by atoms with Gasteiger partial charge in [0.15, 0.2) is 0 Å². The minimum atomic E-state index is -3.71. The van der Waals surface area contributed by atoms with Crippen molar-refractivity contribution in [2.75, 3.05) is 18.4 Å². The van der Waals surface area contributed by atoms with E-state index in [1.807, 2.05) is 0 Å². The molecule has 32 heavy (non-hydrogen) atoms. The van der Waals surface area contributed by atoms with Crippen molar-refractivity contribution >= 4 is 44.6 Å². The first kappa shape index (κ1) is 22.7. The van der Waals surface area contributed by atoms with Gasteiger partial charge in [-0.2, -0.15) is 4.31 Å². The summed E-state index contributed by atoms with van der Waals surface area (Å²) in [5, 5.41) is 11.1. The summed E-state index contributed by atoms with van der Waals surface area (Å²) in [5.74, 6) is -2.36. The summed E-state index contributed by atoms with van der Waals surface area (Å²) in [6, 6.07) is 9.13. The number of hydrogen-bond acceptors (Lipinski definition) is 6. The fourth-order valence-electron chi connectivity index (χ4n) is 3.39. The first-order chi connectivity index (χ1) is 15.3. The zero-order valence-corrected chi connectivity index (χ0v) is 18.9. The van der Waals surface area contributed by atoms with Gasteiger partial charge < -0.3 is 5.32 Å². The third kappa shape index (κ3) is 4.65. The maximum atomic E-state index is 13.8. The lowest BCUT2D eigenvalue weighted by Gasteiger charge is -2.30. The Hall–Kier alpha value is -2.47. The van der Waals surface area contributed by atoms with Gasteiger partial charge in [-0.3, -0.25) is 4.79 Å². The zero-order chi connectivity index (χ0) is 22.9. The third-order valence-corrected chi connectivity index (χ3v) is 8.55. The number of halogens is 3. The fraction of sp³-hybridized carbons (Fsp3) is 0.250. The van der Waals surface area contributed by atoms with E-state index < -0.39 is 27.6 Å². The zero-order valence-electron chi connectivity index (χ0n) is 16.5.